The maximum atomic E-state index is 12.1. The Morgan fingerprint density at radius 2 is 2.17 bits per heavy atom. The monoisotopic (exact) mass is 242 g/mol. The van der Waals surface area contributed by atoms with Crippen LogP contribution in [0, 0.1) is 0 Å². The van der Waals surface area contributed by atoms with E-state index in [1.807, 2.05) is 30.3 Å². The van der Waals surface area contributed by atoms with E-state index in [-0.39, 0.29) is 5.91 Å². The van der Waals surface area contributed by atoms with E-state index in [1.54, 1.807) is 0 Å². The van der Waals surface area contributed by atoms with Gasteiger partial charge in [-0.3, -0.25) is 4.79 Å². The molecule has 0 atom stereocenters. The van der Waals surface area contributed by atoms with Crippen LogP contribution in [0.2, 0.25) is 0 Å². The summed E-state index contributed by atoms with van der Waals surface area (Å²) in [5.41, 5.74) is 1.33. The maximum Gasteiger partial charge on any atom is 0.257 e. The molecule has 3 rings (SSSR count). The Kier molecular flexibility index (Phi) is 2.63. The molecule has 1 aliphatic carbocycles. The third kappa shape index (κ3) is 2.01. The number of nitrogens with zero attached hydrogens (tertiary/aromatic N) is 1. The number of amides is 1. The zero-order valence-electron chi connectivity index (χ0n) is 10.1. The first-order valence-electron chi connectivity index (χ1n) is 6.02. The van der Waals surface area contributed by atoms with E-state index < -0.39 is 0 Å². The molecule has 1 heterocycles. The maximum absolute atomic E-state index is 12.1. The fraction of sp³-hybridized carbons (Fsp3) is 0.286. The number of pyridine rings is 1. The highest BCUT2D eigenvalue weighted by Crippen LogP contribution is 2.24. The van der Waals surface area contributed by atoms with Crippen LogP contribution < -0.4 is 10.1 Å². The Bertz CT molecular complexity index is 606. The summed E-state index contributed by atoms with van der Waals surface area (Å²) in [5, 5.41) is 3.89. The minimum Gasteiger partial charge on any atom is -0.480 e. The number of fused-ring (bicyclic) bond motifs is 1. The Morgan fingerprint density at radius 1 is 1.39 bits per heavy atom. The smallest absolute Gasteiger partial charge is 0.257 e. The topological polar surface area (TPSA) is 51.2 Å². The highest BCUT2D eigenvalue weighted by Gasteiger charge is 2.25. The normalized spacial score (nSPS) is 14.5. The average Bonchev–Trinajstić information content (AvgIpc) is 3.21. The van der Waals surface area contributed by atoms with Crippen LogP contribution in [0.3, 0.4) is 0 Å². The van der Waals surface area contributed by atoms with Gasteiger partial charge in [0.1, 0.15) is 5.56 Å². The summed E-state index contributed by atoms with van der Waals surface area (Å²) in [6.45, 7) is 0. The quantitative estimate of drug-likeness (QED) is 0.897. The second-order valence-corrected chi connectivity index (χ2v) is 4.49. The van der Waals surface area contributed by atoms with E-state index >= 15 is 0 Å². The molecule has 1 saturated carbocycles. The van der Waals surface area contributed by atoms with Crippen LogP contribution in [0.25, 0.3) is 10.9 Å². The number of nitrogens with one attached hydrogen (secondary N) is 1. The third-order valence-corrected chi connectivity index (χ3v) is 3.04. The van der Waals surface area contributed by atoms with Gasteiger partial charge in [-0.25, -0.2) is 4.98 Å². The fourth-order valence-electron chi connectivity index (χ4n) is 1.91. The largest absolute Gasteiger partial charge is 0.480 e. The van der Waals surface area contributed by atoms with Crippen molar-refractivity contribution in [1.29, 1.82) is 0 Å². The van der Waals surface area contributed by atoms with Crippen LogP contribution in [-0.2, 0) is 0 Å². The lowest BCUT2D eigenvalue weighted by molar-refractivity contribution is 0.0947. The molecule has 0 bridgehead atoms. The van der Waals surface area contributed by atoms with Crippen LogP contribution in [0.5, 0.6) is 5.88 Å². The summed E-state index contributed by atoms with van der Waals surface area (Å²) in [6.07, 6.45) is 2.13. The first kappa shape index (κ1) is 11.0. The molecule has 4 nitrogen and oxygen atoms in total. The van der Waals surface area contributed by atoms with E-state index in [2.05, 4.69) is 10.3 Å². The highest BCUT2D eigenvalue weighted by molar-refractivity contribution is 6.00. The second kappa shape index (κ2) is 4.29. The van der Waals surface area contributed by atoms with Crippen LogP contribution >= 0.6 is 0 Å². The van der Waals surface area contributed by atoms with E-state index in [4.69, 9.17) is 4.74 Å². The number of hydrogen-bond donors (Lipinski definition) is 1. The number of rotatable bonds is 3. The molecule has 1 aliphatic rings. The van der Waals surface area contributed by atoms with E-state index in [1.165, 1.54) is 7.11 Å². The molecule has 1 amide bonds. The number of methoxy groups -OCH3 is 1. The Balaban J connectivity index is 2.04. The van der Waals surface area contributed by atoms with Gasteiger partial charge in [-0.2, -0.15) is 0 Å². The molecule has 1 fully saturated rings. The number of hydrogen-bond acceptors (Lipinski definition) is 3. The molecular weight excluding hydrogens is 228 g/mol. The molecule has 1 aromatic carbocycles. The van der Waals surface area contributed by atoms with Gasteiger partial charge < -0.3 is 10.1 Å². The first-order chi connectivity index (χ1) is 8.78. The molecule has 18 heavy (non-hydrogen) atoms. The molecule has 1 aromatic heterocycles. The number of carbonyl (C=O) groups is 1. The van der Waals surface area contributed by atoms with Crippen LogP contribution in [0.1, 0.15) is 23.2 Å². The van der Waals surface area contributed by atoms with Gasteiger partial charge in [0.05, 0.1) is 12.6 Å². The summed E-state index contributed by atoms with van der Waals surface area (Å²) < 4.78 is 5.20. The third-order valence-electron chi connectivity index (χ3n) is 3.04. The Labute approximate surface area is 105 Å². The van der Waals surface area contributed by atoms with Gasteiger partial charge in [-0.1, -0.05) is 18.2 Å². The summed E-state index contributed by atoms with van der Waals surface area (Å²) in [7, 11) is 1.53. The van der Waals surface area contributed by atoms with Crippen molar-refractivity contribution in [3.05, 3.63) is 35.9 Å². The lowest BCUT2D eigenvalue weighted by Gasteiger charge is -2.09. The average molecular weight is 242 g/mol. The van der Waals surface area contributed by atoms with Crippen molar-refractivity contribution < 1.29 is 9.53 Å². The van der Waals surface area contributed by atoms with Crippen molar-refractivity contribution >= 4 is 16.8 Å². The molecule has 92 valence electrons. The molecule has 0 saturated heterocycles. The predicted molar refractivity (Wildman–Crippen MR) is 68.8 cm³/mol. The van der Waals surface area contributed by atoms with Crippen molar-refractivity contribution in [3.8, 4) is 5.88 Å². The zero-order chi connectivity index (χ0) is 12.5. The standard InChI is InChI=1S/C14H14N2O2/c1-18-14-11(13(17)15-10-6-7-10)8-9-4-2-3-5-12(9)16-14/h2-5,8,10H,6-7H2,1H3,(H,15,17). The molecular formula is C14H14N2O2. The van der Waals surface area contributed by atoms with Gasteiger partial charge >= 0.3 is 0 Å². The van der Waals surface area contributed by atoms with Gasteiger partial charge in [-0.15, -0.1) is 0 Å². The summed E-state index contributed by atoms with van der Waals surface area (Å²) >= 11 is 0. The number of carbonyl (C=O) groups excluding carboxylic acids is 1. The van der Waals surface area contributed by atoms with Crippen LogP contribution in [-0.4, -0.2) is 24.0 Å². The van der Waals surface area contributed by atoms with E-state index in [0.717, 1.165) is 23.7 Å². The van der Waals surface area contributed by atoms with Crippen molar-refractivity contribution in [3.63, 3.8) is 0 Å². The van der Waals surface area contributed by atoms with Gasteiger partial charge in [0.25, 0.3) is 5.91 Å². The fourth-order valence-corrected chi connectivity index (χ4v) is 1.91. The molecule has 0 spiro atoms. The number of para-hydroxylation sites is 1. The summed E-state index contributed by atoms with van der Waals surface area (Å²) in [5.74, 6) is 0.277. The van der Waals surface area contributed by atoms with E-state index in [9.17, 15) is 4.79 Å². The number of aromatic nitrogens is 1. The Hall–Kier alpha value is -2.10. The minimum atomic E-state index is -0.104. The lowest BCUT2D eigenvalue weighted by Crippen LogP contribution is -2.26. The molecule has 0 aliphatic heterocycles. The van der Waals surface area contributed by atoms with Gasteiger partial charge in [0.15, 0.2) is 0 Å². The molecule has 0 radical (unpaired) electrons. The second-order valence-electron chi connectivity index (χ2n) is 4.49. The first-order valence-corrected chi connectivity index (χ1v) is 6.02. The number of ether oxygens (including phenoxy) is 1. The minimum absolute atomic E-state index is 0.104. The van der Waals surface area contributed by atoms with Crippen LogP contribution in [0.4, 0.5) is 0 Å². The summed E-state index contributed by atoms with van der Waals surface area (Å²) in [6, 6.07) is 9.85. The van der Waals surface area contributed by atoms with Crippen molar-refractivity contribution in [2.45, 2.75) is 18.9 Å². The molecule has 0 unspecified atom stereocenters. The van der Waals surface area contributed by atoms with Crippen molar-refractivity contribution in [1.82, 2.24) is 10.3 Å². The van der Waals surface area contributed by atoms with Crippen LogP contribution in [0.15, 0.2) is 30.3 Å². The van der Waals surface area contributed by atoms with Crippen molar-refractivity contribution in [2.24, 2.45) is 0 Å². The van der Waals surface area contributed by atoms with Crippen molar-refractivity contribution in [2.75, 3.05) is 7.11 Å². The molecule has 2 aromatic rings. The Morgan fingerprint density at radius 3 is 2.89 bits per heavy atom. The predicted octanol–water partition coefficient (Wildman–Crippen LogP) is 2.14. The summed E-state index contributed by atoms with van der Waals surface area (Å²) in [4.78, 5) is 16.4. The van der Waals surface area contributed by atoms with Gasteiger partial charge in [0.2, 0.25) is 5.88 Å². The van der Waals surface area contributed by atoms with Gasteiger partial charge in [0, 0.05) is 11.4 Å². The van der Waals surface area contributed by atoms with E-state index in [0.29, 0.717) is 17.5 Å². The van der Waals surface area contributed by atoms with Gasteiger partial charge in [-0.05, 0) is 25.0 Å². The highest BCUT2D eigenvalue weighted by atomic mass is 16.5. The SMILES string of the molecule is COc1nc2ccccc2cc1C(=O)NC1CC1. The number of benzene rings is 1. The lowest BCUT2D eigenvalue weighted by atomic mass is 10.1. The molecule has 1 N–H and O–H groups in total. The molecule has 4 heteroatoms. The zero-order valence-corrected chi connectivity index (χ0v) is 10.1.